The molecule has 0 amide bonds. The minimum atomic E-state index is -0.695. The van der Waals surface area contributed by atoms with Gasteiger partial charge in [0.1, 0.15) is 0 Å². The van der Waals surface area contributed by atoms with Gasteiger partial charge in [-0.05, 0) is 31.7 Å². The molecule has 1 saturated heterocycles. The third-order valence-electron chi connectivity index (χ3n) is 3.77. The van der Waals surface area contributed by atoms with Gasteiger partial charge in [-0.15, -0.1) is 0 Å². The molecule has 0 spiro atoms. The third-order valence-corrected chi connectivity index (χ3v) is 4.95. The van der Waals surface area contributed by atoms with Crippen LogP contribution in [0.1, 0.15) is 26.7 Å². The Morgan fingerprint density at radius 3 is 2.47 bits per heavy atom. The lowest BCUT2D eigenvalue weighted by molar-refractivity contribution is -0.142. The summed E-state index contributed by atoms with van der Waals surface area (Å²) in [4.78, 5) is 13.1. The number of hydrogen-bond donors (Lipinski definition) is 1. The number of rotatable bonds is 3. The molecule has 4 heteroatoms. The van der Waals surface area contributed by atoms with Crippen LogP contribution in [0.15, 0.2) is 0 Å². The van der Waals surface area contributed by atoms with E-state index in [0.29, 0.717) is 0 Å². The Labute approximate surface area is 96.2 Å². The van der Waals surface area contributed by atoms with E-state index in [2.05, 4.69) is 18.7 Å². The van der Waals surface area contributed by atoms with Crippen LogP contribution in [0.3, 0.4) is 0 Å². The average Bonchev–Trinajstić information content (AvgIpc) is 2.07. The van der Waals surface area contributed by atoms with Gasteiger partial charge in [0.15, 0.2) is 0 Å². The van der Waals surface area contributed by atoms with Gasteiger partial charge in [0.2, 0.25) is 0 Å². The zero-order chi connectivity index (χ0) is 11.7. The molecule has 0 radical (unpaired) electrons. The van der Waals surface area contributed by atoms with Crippen LogP contribution in [0, 0.1) is 5.41 Å². The summed E-state index contributed by atoms with van der Waals surface area (Å²) >= 11 is 1.87. The van der Waals surface area contributed by atoms with Crippen LogP contribution in [0.25, 0.3) is 0 Å². The summed E-state index contributed by atoms with van der Waals surface area (Å²) in [5.41, 5.74) is -0.137. The van der Waals surface area contributed by atoms with E-state index in [-0.39, 0.29) is 17.4 Å². The van der Waals surface area contributed by atoms with Crippen LogP contribution in [-0.2, 0) is 4.79 Å². The van der Waals surface area contributed by atoms with Gasteiger partial charge in [-0.1, -0.05) is 13.8 Å². The fourth-order valence-electron chi connectivity index (χ4n) is 2.43. The summed E-state index contributed by atoms with van der Waals surface area (Å²) in [6.07, 6.45) is 1.32. The molecule has 0 saturated carbocycles. The first-order chi connectivity index (χ1) is 6.82. The Kier molecular flexibility index (Phi) is 3.71. The summed E-state index contributed by atoms with van der Waals surface area (Å²) < 4.78 is 0. The highest BCUT2D eigenvalue weighted by atomic mass is 32.2. The van der Waals surface area contributed by atoms with E-state index in [1.165, 1.54) is 0 Å². The molecule has 1 aliphatic heterocycles. The molecule has 1 atom stereocenters. The van der Waals surface area contributed by atoms with Gasteiger partial charge in [0.25, 0.3) is 0 Å². The Morgan fingerprint density at radius 2 is 2.07 bits per heavy atom. The van der Waals surface area contributed by atoms with Gasteiger partial charge in [-0.3, -0.25) is 4.79 Å². The zero-order valence-electron chi connectivity index (χ0n) is 10.0. The van der Waals surface area contributed by atoms with Crippen molar-refractivity contribution >= 4 is 17.7 Å². The molecule has 1 heterocycles. The number of carboxylic acid groups (broad SMARTS) is 1. The van der Waals surface area contributed by atoms with Crippen LogP contribution >= 0.6 is 11.8 Å². The predicted octanol–water partition coefficient (Wildman–Crippen LogP) is 1.92. The van der Waals surface area contributed by atoms with Gasteiger partial charge in [0.05, 0.1) is 6.42 Å². The van der Waals surface area contributed by atoms with E-state index in [9.17, 15) is 4.79 Å². The minimum absolute atomic E-state index is 0.0696. The number of carbonyl (C=O) groups is 1. The molecule has 1 aliphatic rings. The lowest BCUT2D eigenvalue weighted by Gasteiger charge is -2.53. The number of nitrogens with zero attached hydrogens (tertiary/aromatic N) is 1. The van der Waals surface area contributed by atoms with Crippen LogP contribution in [0.2, 0.25) is 0 Å². The topological polar surface area (TPSA) is 40.5 Å². The van der Waals surface area contributed by atoms with Crippen LogP contribution in [0.4, 0.5) is 0 Å². The van der Waals surface area contributed by atoms with Crippen molar-refractivity contribution in [1.82, 2.24) is 4.90 Å². The molecule has 0 aromatic rings. The maximum atomic E-state index is 11.0. The molecule has 0 aliphatic carbocycles. The summed E-state index contributed by atoms with van der Waals surface area (Å²) in [7, 11) is 3.99. The molecule has 3 nitrogen and oxygen atoms in total. The first-order valence-electron chi connectivity index (χ1n) is 5.29. The number of aliphatic carboxylic acids is 1. The average molecular weight is 231 g/mol. The zero-order valence-corrected chi connectivity index (χ0v) is 10.9. The second-order valence-electron chi connectivity index (χ2n) is 5.18. The first-order valence-corrected chi connectivity index (χ1v) is 6.44. The molecular formula is C11H21NO2S. The molecule has 15 heavy (non-hydrogen) atoms. The van der Waals surface area contributed by atoms with Gasteiger partial charge < -0.3 is 10.0 Å². The van der Waals surface area contributed by atoms with Crippen molar-refractivity contribution in [3.63, 3.8) is 0 Å². The lowest BCUT2D eigenvalue weighted by Crippen LogP contribution is -2.60. The van der Waals surface area contributed by atoms with Gasteiger partial charge in [-0.2, -0.15) is 11.8 Å². The van der Waals surface area contributed by atoms with Crippen LogP contribution < -0.4 is 0 Å². The van der Waals surface area contributed by atoms with Crippen LogP contribution in [0.5, 0.6) is 0 Å². The van der Waals surface area contributed by atoms with Crippen molar-refractivity contribution in [2.75, 3.05) is 25.6 Å². The molecule has 1 fully saturated rings. The summed E-state index contributed by atoms with van der Waals surface area (Å²) in [5.74, 6) is 1.36. The summed E-state index contributed by atoms with van der Waals surface area (Å²) in [6, 6.07) is 0. The largest absolute Gasteiger partial charge is 0.481 e. The van der Waals surface area contributed by atoms with E-state index in [4.69, 9.17) is 5.11 Å². The molecule has 1 unspecified atom stereocenters. The van der Waals surface area contributed by atoms with Gasteiger partial charge in [-0.25, -0.2) is 0 Å². The van der Waals surface area contributed by atoms with Crippen molar-refractivity contribution in [2.24, 2.45) is 5.41 Å². The monoisotopic (exact) mass is 231 g/mol. The van der Waals surface area contributed by atoms with E-state index in [1.807, 2.05) is 25.9 Å². The Bertz CT molecular complexity index is 253. The number of hydrogen-bond acceptors (Lipinski definition) is 3. The normalized spacial score (nSPS) is 30.5. The Balaban J connectivity index is 3.01. The molecular weight excluding hydrogens is 210 g/mol. The fraction of sp³-hybridized carbons (Fsp3) is 0.909. The highest BCUT2D eigenvalue weighted by molar-refractivity contribution is 7.99. The Hall–Kier alpha value is -0.220. The molecule has 0 bridgehead atoms. The van der Waals surface area contributed by atoms with Crippen molar-refractivity contribution in [2.45, 2.75) is 32.2 Å². The SMILES string of the molecule is CN(C)C1(CC(=O)O)CSCCC1(C)C. The predicted molar refractivity (Wildman–Crippen MR) is 64.4 cm³/mol. The second-order valence-corrected chi connectivity index (χ2v) is 6.29. The smallest absolute Gasteiger partial charge is 0.305 e. The van der Waals surface area contributed by atoms with Gasteiger partial charge >= 0.3 is 5.97 Å². The standard InChI is InChI=1S/C11H21NO2S/c1-10(2)5-6-15-8-11(10,12(3)4)7-9(13)14/h5-8H2,1-4H3,(H,13,14). The fourth-order valence-corrected chi connectivity index (χ4v) is 4.32. The number of carboxylic acids is 1. The molecule has 1 N–H and O–H groups in total. The summed E-state index contributed by atoms with van der Waals surface area (Å²) in [5, 5.41) is 9.08. The van der Waals surface area contributed by atoms with Crippen LogP contribution in [-0.4, -0.2) is 47.1 Å². The van der Waals surface area contributed by atoms with Gasteiger partial charge in [0, 0.05) is 11.3 Å². The maximum Gasteiger partial charge on any atom is 0.305 e. The van der Waals surface area contributed by atoms with Crippen molar-refractivity contribution in [1.29, 1.82) is 0 Å². The minimum Gasteiger partial charge on any atom is -0.481 e. The molecule has 1 rings (SSSR count). The second kappa shape index (κ2) is 4.34. The van der Waals surface area contributed by atoms with Crippen molar-refractivity contribution < 1.29 is 9.90 Å². The lowest BCUT2D eigenvalue weighted by atomic mass is 9.68. The molecule has 88 valence electrons. The quantitative estimate of drug-likeness (QED) is 0.805. The molecule has 0 aromatic carbocycles. The highest BCUT2D eigenvalue weighted by Gasteiger charge is 2.49. The molecule has 0 aromatic heterocycles. The van der Waals surface area contributed by atoms with E-state index < -0.39 is 5.97 Å². The highest BCUT2D eigenvalue weighted by Crippen LogP contribution is 2.47. The number of thioether (sulfide) groups is 1. The van der Waals surface area contributed by atoms with E-state index in [1.54, 1.807) is 0 Å². The summed E-state index contributed by atoms with van der Waals surface area (Å²) in [6.45, 7) is 4.38. The van der Waals surface area contributed by atoms with Crippen molar-refractivity contribution in [3.8, 4) is 0 Å². The Morgan fingerprint density at radius 1 is 1.47 bits per heavy atom. The van der Waals surface area contributed by atoms with E-state index in [0.717, 1.165) is 17.9 Å². The van der Waals surface area contributed by atoms with Crippen molar-refractivity contribution in [3.05, 3.63) is 0 Å². The first kappa shape index (κ1) is 12.8. The maximum absolute atomic E-state index is 11.0. The van der Waals surface area contributed by atoms with E-state index >= 15 is 0 Å². The third kappa shape index (κ3) is 2.31.